The Morgan fingerprint density at radius 1 is 1.25 bits per heavy atom. The zero-order valence-electron chi connectivity index (χ0n) is 16.2. The van der Waals surface area contributed by atoms with Gasteiger partial charge in [-0.05, 0) is 44.0 Å². The molecule has 0 spiro atoms. The van der Waals surface area contributed by atoms with E-state index >= 15 is 0 Å². The Morgan fingerprint density at radius 3 is 2.75 bits per heavy atom. The number of benzene rings is 1. The van der Waals surface area contributed by atoms with Gasteiger partial charge in [0.25, 0.3) is 5.91 Å². The molecule has 1 aromatic carbocycles. The van der Waals surface area contributed by atoms with Crippen LogP contribution in [0.1, 0.15) is 29.2 Å². The van der Waals surface area contributed by atoms with Gasteiger partial charge in [0.15, 0.2) is 0 Å². The minimum absolute atomic E-state index is 0.0968. The first kappa shape index (κ1) is 19.9. The number of methoxy groups -OCH3 is 1. The van der Waals surface area contributed by atoms with Crippen LogP contribution < -0.4 is 20.1 Å². The molecule has 1 saturated heterocycles. The SMILES string of the molecule is COc1ccc(OCCNc2cc(C(=O)NCC3CCCO3)nc(C)n2)cc1. The van der Waals surface area contributed by atoms with Gasteiger partial charge in [0.05, 0.1) is 19.8 Å². The highest BCUT2D eigenvalue weighted by atomic mass is 16.5. The van der Waals surface area contributed by atoms with Gasteiger partial charge in [-0.1, -0.05) is 0 Å². The van der Waals surface area contributed by atoms with Crippen LogP contribution in [0.15, 0.2) is 30.3 Å². The van der Waals surface area contributed by atoms with Crippen molar-refractivity contribution in [3.8, 4) is 11.5 Å². The number of aromatic nitrogens is 2. The van der Waals surface area contributed by atoms with E-state index in [-0.39, 0.29) is 12.0 Å². The molecule has 0 saturated carbocycles. The molecule has 28 heavy (non-hydrogen) atoms. The second kappa shape index (κ2) is 9.89. The number of hydrogen-bond acceptors (Lipinski definition) is 7. The van der Waals surface area contributed by atoms with E-state index in [4.69, 9.17) is 14.2 Å². The number of aryl methyl sites for hydroxylation is 1. The molecular formula is C20H26N4O4. The Morgan fingerprint density at radius 2 is 2.04 bits per heavy atom. The van der Waals surface area contributed by atoms with Gasteiger partial charge in [-0.3, -0.25) is 4.79 Å². The molecule has 2 N–H and O–H groups in total. The minimum Gasteiger partial charge on any atom is -0.497 e. The van der Waals surface area contributed by atoms with Crippen LogP contribution in [-0.2, 0) is 4.74 Å². The Labute approximate surface area is 164 Å². The Kier molecular flexibility index (Phi) is 7.02. The summed E-state index contributed by atoms with van der Waals surface area (Å²) in [5.41, 5.74) is 0.337. The average molecular weight is 386 g/mol. The summed E-state index contributed by atoms with van der Waals surface area (Å²) < 4.78 is 16.3. The van der Waals surface area contributed by atoms with Crippen LogP contribution in [-0.4, -0.2) is 55.4 Å². The van der Waals surface area contributed by atoms with Gasteiger partial charge in [-0.15, -0.1) is 0 Å². The second-order valence-electron chi connectivity index (χ2n) is 6.48. The van der Waals surface area contributed by atoms with E-state index in [1.807, 2.05) is 24.3 Å². The molecule has 2 aromatic rings. The van der Waals surface area contributed by atoms with E-state index in [9.17, 15) is 4.79 Å². The summed E-state index contributed by atoms with van der Waals surface area (Å²) in [6.07, 6.45) is 2.11. The van der Waals surface area contributed by atoms with E-state index in [2.05, 4.69) is 20.6 Å². The van der Waals surface area contributed by atoms with E-state index in [0.29, 0.717) is 37.0 Å². The second-order valence-corrected chi connectivity index (χ2v) is 6.48. The van der Waals surface area contributed by atoms with Crippen molar-refractivity contribution >= 4 is 11.7 Å². The predicted octanol–water partition coefficient (Wildman–Crippen LogP) is 2.19. The average Bonchev–Trinajstić information content (AvgIpc) is 3.23. The number of nitrogens with one attached hydrogen (secondary N) is 2. The van der Waals surface area contributed by atoms with Gasteiger partial charge in [-0.2, -0.15) is 0 Å². The summed E-state index contributed by atoms with van der Waals surface area (Å²) in [4.78, 5) is 20.9. The van der Waals surface area contributed by atoms with Gasteiger partial charge in [0, 0.05) is 19.2 Å². The highest BCUT2D eigenvalue weighted by Crippen LogP contribution is 2.17. The van der Waals surface area contributed by atoms with Gasteiger partial charge in [-0.25, -0.2) is 9.97 Å². The van der Waals surface area contributed by atoms with Crippen molar-refractivity contribution in [1.82, 2.24) is 15.3 Å². The standard InChI is InChI=1S/C20H26N4O4/c1-14-23-18(20(25)22-13-17-4-3-10-27-17)12-19(24-14)21-9-11-28-16-7-5-15(26-2)6-8-16/h5-8,12,17H,3-4,9-11,13H2,1-2H3,(H,22,25)(H,21,23,24). The minimum atomic E-state index is -0.224. The Bertz CT molecular complexity index is 776. The van der Waals surface area contributed by atoms with Gasteiger partial charge in [0.2, 0.25) is 0 Å². The van der Waals surface area contributed by atoms with Crippen molar-refractivity contribution in [2.24, 2.45) is 0 Å². The molecule has 1 unspecified atom stereocenters. The van der Waals surface area contributed by atoms with E-state index < -0.39 is 0 Å². The highest BCUT2D eigenvalue weighted by molar-refractivity contribution is 5.92. The van der Waals surface area contributed by atoms with Crippen molar-refractivity contribution in [3.63, 3.8) is 0 Å². The molecule has 1 amide bonds. The van der Waals surface area contributed by atoms with E-state index in [0.717, 1.165) is 30.9 Å². The smallest absolute Gasteiger partial charge is 0.270 e. The quantitative estimate of drug-likeness (QED) is 0.638. The van der Waals surface area contributed by atoms with Crippen LogP contribution in [0.3, 0.4) is 0 Å². The zero-order chi connectivity index (χ0) is 19.8. The van der Waals surface area contributed by atoms with Crippen molar-refractivity contribution in [2.45, 2.75) is 25.9 Å². The molecule has 1 fully saturated rings. The Hall–Kier alpha value is -2.87. The molecule has 1 atom stereocenters. The lowest BCUT2D eigenvalue weighted by molar-refractivity contribution is 0.0853. The lowest BCUT2D eigenvalue weighted by Crippen LogP contribution is -2.32. The van der Waals surface area contributed by atoms with Crippen molar-refractivity contribution in [1.29, 1.82) is 0 Å². The topological polar surface area (TPSA) is 94.6 Å². The van der Waals surface area contributed by atoms with Crippen LogP contribution in [0, 0.1) is 6.92 Å². The monoisotopic (exact) mass is 386 g/mol. The normalized spacial score (nSPS) is 15.9. The molecule has 0 aliphatic carbocycles. The lowest BCUT2D eigenvalue weighted by Gasteiger charge is -2.12. The zero-order valence-corrected chi connectivity index (χ0v) is 16.2. The number of nitrogens with zero attached hydrogens (tertiary/aromatic N) is 2. The molecule has 1 aromatic heterocycles. The molecule has 8 nitrogen and oxygen atoms in total. The number of ether oxygens (including phenoxy) is 3. The molecule has 8 heteroatoms. The molecule has 3 rings (SSSR count). The Balaban J connectivity index is 1.47. The molecular weight excluding hydrogens is 360 g/mol. The fraction of sp³-hybridized carbons (Fsp3) is 0.450. The summed E-state index contributed by atoms with van der Waals surface area (Å²) in [6, 6.07) is 9.04. The third kappa shape index (κ3) is 5.82. The molecule has 1 aliphatic heterocycles. The fourth-order valence-electron chi connectivity index (χ4n) is 2.90. The first-order chi connectivity index (χ1) is 13.6. The summed E-state index contributed by atoms with van der Waals surface area (Å²) in [6.45, 7) is 4.02. The number of anilines is 1. The number of amides is 1. The number of carbonyl (C=O) groups is 1. The molecule has 150 valence electrons. The van der Waals surface area contributed by atoms with Gasteiger partial charge >= 0.3 is 0 Å². The van der Waals surface area contributed by atoms with E-state index in [1.165, 1.54) is 0 Å². The first-order valence-electron chi connectivity index (χ1n) is 9.40. The van der Waals surface area contributed by atoms with Crippen LogP contribution in [0.2, 0.25) is 0 Å². The summed E-state index contributed by atoms with van der Waals surface area (Å²) in [7, 11) is 1.63. The molecule has 2 heterocycles. The highest BCUT2D eigenvalue weighted by Gasteiger charge is 2.17. The van der Waals surface area contributed by atoms with Gasteiger partial charge in [0.1, 0.15) is 35.4 Å². The predicted molar refractivity (Wildman–Crippen MR) is 105 cm³/mol. The lowest BCUT2D eigenvalue weighted by atomic mass is 10.2. The van der Waals surface area contributed by atoms with Gasteiger partial charge < -0.3 is 24.8 Å². The molecule has 0 bridgehead atoms. The third-order valence-corrected chi connectivity index (χ3v) is 4.32. The molecule has 1 aliphatic rings. The number of rotatable bonds is 9. The maximum atomic E-state index is 12.4. The number of carbonyl (C=O) groups excluding carboxylic acids is 1. The van der Waals surface area contributed by atoms with E-state index in [1.54, 1.807) is 20.1 Å². The summed E-state index contributed by atoms with van der Waals surface area (Å²) >= 11 is 0. The van der Waals surface area contributed by atoms with Crippen molar-refractivity contribution < 1.29 is 19.0 Å². The summed E-state index contributed by atoms with van der Waals surface area (Å²) in [5, 5.41) is 6.04. The largest absolute Gasteiger partial charge is 0.497 e. The van der Waals surface area contributed by atoms with Crippen molar-refractivity contribution in [3.05, 3.63) is 41.9 Å². The van der Waals surface area contributed by atoms with Crippen LogP contribution in [0.4, 0.5) is 5.82 Å². The maximum Gasteiger partial charge on any atom is 0.270 e. The molecule has 0 radical (unpaired) electrons. The first-order valence-corrected chi connectivity index (χ1v) is 9.40. The van der Waals surface area contributed by atoms with Crippen molar-refractivity contribution in [2.75, 3.05) is 38.7 Å². The maximum absolute atomic E-state index is 12.4. The summed E-state index contributed by atoms with van der Waals surface area (Å²) in [5.74, 6) is 2.44. The van der Waals surface area contributed by atoms with Crippen LogP contribution >= 0.6 is 0 Å². The van der Waals surface area contributed by atoms with Crippen LogP contribution in [0.5, 0.6) is 11.5 Å². The van der Waals surface area contributed by atoms with Crippen LogP contribution in [0.25, 0.3) is 0 Å². The number of hydrogen-bond donors (Lipinski definition) is 2. The fourth-order valence-corrected chi connectivity index (χ4v) is 2.90. The third-order valence-electron chi connectivity index (χ3n) is 4.32.